The minimum atomic E-state index is -3.36. The smallest absolute Gasteiger partial charge is 0.251 e. The molecule has 0 spiro atoms. The van der Waals surface area contributed by atoms with Crippen molar-refractivity contribution in [3.8, 4) is 0 Å². The number of amides is 1. The van der Waals surface area contributed by atoms with E-state index in [1.165, 1.54) is 10.7 Å². The van der Waals surface area contributed by atoms with E-state index in [1.807, 2.05) is 0 Å². The Kier molecular flexibility index (Phi) is 8.27. The predicted octanol–water partition coefficient (Wildman–Crippen LogP) is 1.95. The quantitative estimate of drug-likeness (QED) is 0.629. The van der Waals surface area contributed by atoms with Gasteiger partial charge in [-0.25, -0.2) is 8.42 Å². The summed E-state index contributed by atoms with van der Waals surface area (Å²) in [5.41, 5.74) is 1.24. The molecule has 2 atom stereocenters. The molecule has 0 saturated carbocycles. The van der Waals surface area contributed by atoms with Crippen molar-refractivity contribution in [2.45, 2.75) is 32.4 Å². The van der Waals surface area contributed by atoms with Crippen LogP contribution in [0.2, 0.25) is 0 Å². The van der Waals surface area contributed by atoms with Crippen LogP contribution in [0.3, 0.4) is 0 Å². The molecule has 2 fully saturated rings. The lowest BCUT2D eigenvalue weighted by molar-refractivity contribution is 0.0729. The van der Waals surface area contributed by atoms with Crippen LogP contribution in [0.15, 0.2) is 24.3 Å². The average Bonchev–Trinajstić information content (AvgIpc) is 2.71. The van der Waals surface area contributed by atoms with Gasteiger partial charge >= 0.3 is 0 Å². The fraction of sp³-hybridized carbons (Fsp3) is 0.682. The molecule has 0 aromatic heterocycles. The van der Waals surface area contributed by atoms with Gasteiger partial charge in [0.2, 0.25) is 10.0 Å². The van der Waals surface area contributed by atoms with Crippen molar-refractivity contribution in [2.24, 2.45) is 11.8 Å². The van der Waals surface area contributed by atoms with Crippen LogP contribution in [-0.2, 0) is 20.5 Å². The third-order valence-electron chi connectivity index (χ3n) is 5.81. The number of nitrogens with one attached hydrogen (secondary N) is 1. The van der Waals surface area contributed by atoms with Crippen molar-refractivity contribution in [3.05, 3.63) is 35.4 Å². The van der Waals surface area contributed by atoms with Gasteiger partial charge in [-0.1, -0.05) is 26.0 Å². The van der Waals surface area contributed by atoms with Gasteiger partial charge in [-0.15, -0.1) is 0 Å². The third-order valence-corrected chi connectivity index (χ3v) is 7.66. The molecule has 2 aliphatic rings. The molecule has 2 heterocycles. The Labute approximate surface area is 180 Å². The first-order chi connectivity index (χ1) is 14.3. The molecule has 2 saturated heterocycles. The van der Waals surface area contributed by atoms with Gasteiger partial charge in [-0.05, 0) is 48.9 Å². The van der Waals surface area contributed by atoms with Gasteiger partial charge in [0.25, 0.3) is 5.91 Å². The summed E-state index contributed by atoms with van der Waals surface area (Å²) in [5, 5.41) is 2.97. The molecule has 1 amide bonds. The molecule has 0 radical (unpaired) electrons. The molecular weight excluding hydrogens is 402 g/mol. The molecule has 1 aromatic rings. The van der Waals surface area contributed by atoms with Crippen molar-refractivity contribution >= 4 is 15.9 Å². The van der Waals surface area contributed by atoms with Gasteiger partial charge in [0.15, 0.2) is 0 Å². The summed E-state index contributed by atoms with van der Waals surface area (Å²) in [6.07, 6.45) is 2.23. The Bertz CT molecular complexity index is 781. The molecule has 168 valence electrons. The first-order valence-electron chi connectivity index (χ1n) is 11.0. The molecule has 0 unspecified atom stereocenters. The SMILES string of the molecule is C[C@@H]1C[C@@H](C)CN(CCCNC(=O)c2ccc(CS(=O)(=O)N3CCOCC3)cc2)C1. The minimum Gasteiger partial charge on any atom is -0.379 e. The van der Waals surface area contributed by atoms with E-state index < -0.39 is 10.0 Å². The maximum Gasteiger partial charge on any atom is 0.251 e. The summed E-state index contributed by atoms with van der Waals surface area (Å²) >= 11 is 0. The molecule has 3 rings (SSSR count). The Hall–Kier alpha value is -1.48. The van der Waals surface area contributed by atoms with Crippen LogP contribution in [0.5, 0.6) is 0 Å². The van der Waals surface area contributed by atoms with Crippen LogP contribution in [0.4, 0.5) is 0 Å². The normalized spacial score (nSPS) is 23.9. The Morgan fingerprint density at radius 3 is 2.37 bits per heavy atom. The van der Waals surface area contributed by atoms with E-state index in [4.69, 9.17) is 4.74 Å². The van der Waals surface area contributed by atoms with Gasteiger partial charge in [0.05, 0.1) is 19.0 Å². The van der Waals surface area contributed by atoms with E-state index in [1.54, 1.807) is 24.3 Å². The summed E-state index contributed by atoms with van der Waals surface area (Å²) in [5.74, 6) is 1.32. The summed E-state index contributed by atoms with van der Waals surface area (Å²) in [7, 11) is -3.36. The zero-order valence-corrected chi connectivity index (χ0v) is 19.0. The van der Waals surface area contributed by atoms with Crippen LogP contribution < -0.4 is 5.32 Å². The Balaban J connectivity index is 1.42. The number of likely N-dealkylation sites (tertiary alicyclic amines) is 1. The largest absolute Gasteiger partial charge is 0.379 e. The highest BCUT2D eigenvalue weighted by molar-refractivity contribution is 7.88. The summed E-state index contributed by atoms with van der Waals surface area (Å²) in [6.45, 7) is 10.2. The van der Waals surface area contributed by atoms with Crippen LogP contribution in [0.1, 0.15) is 42.6 Å². The molecule has 7 nitrogen and oxygen atoms in total. The van der Waals surface area contributed by atoms with E-state index in [2.05, 4.69) is 24.1 Å². The first-order valence-corrected chi connectivity index (χ1v) is 12.6. The van der Waals surface area contributed by atoms with Crippen molar-refractivity contribution in [1.82, 2.24) is 14.5 Å². The van der Waals surface area contributed by atoms with Gasteiger partial charge in [0, 0.05) is 38.3 Å². The summed E-state index contributed by atoms with van der Waals surface area (Å²) < 4.78 is 31.7. The van der Waals surface area contributed by atoms with E-state index in [0.717, 1.165) is 37.9 Å². The van der Waals surface area contributed by atoms with E-state index in [-0.39, 0.29) is 11.7 Å². The Morgan fingerprint density at radius 1 is 1.10 bits per heavy atom. The van der Waals surface area contributed by atoms with Gasteiger partial charge in [-0.3, -0.25) is 4.79 Å². The van der Waals surface area contributed by atoms with Crippen LogP contribution in [0.25, 0.3) is 0 Å². The highest BCUT2D eigenvalue weighted by Gasteiger charge is 2.24. The zero-order valence-electron chi connectivity index (χ0n) is 18.2. The number of rotatable bonds is 8. The maximum atomic E-state index is 12.5. The van der Waals surface area contributed by atoms with Crippen molar-refractivity contribution in [2.75, 3.05) is 52.5 Å². The van der Waals surface area contributed by atoms with E-state index >= 15 is 0 Å². The second-order valence-electron chi connectivity index (χ2n) is 8.78. The molecule has 1 N–H and O–H groups in total. The number of hydrogen-bond acceptors (Lipinski definition) is 5. The first kappa shape index (κ1) is 23.2. The highest BCUT2D eigenvalue weighted by Crippen LogP contribution is 2.20. The minimum absolute atomic E-state index is 0.0540. The van der Waals surface area contributed by atoms with Crippen molar-refractivity contribution in [1.29, 1.82) is 0 Å². The molecule has 1 aromatic carbocycles. The fourth-order valence-corrected chi connectivity index (χ4v) is 5.96. The molecule has 8 heteroatoms. The monoisotopic (exact) mass is 437 g/mol. The average molecular weight is 438 g/mol. The zero-order chi connectivity index (χ0) is 21.6. The number of carbonyl (C=O) groups excluding carboxylic acids is 1. The topological polar surface area (TPSA) is 79.0 Å². The number of hydrogen-bond donors (Lipinski definition) is 1. The van der Waals surface area contributed by atoms with Crippen molar-refractivity contribution in [3.63, 3.8) is 0 Å². The second-order valence-corrected chi connectivity index (χ2v) is 10.7. The van der Waals surface area contributed by atoms with Gasteiger partial charge in [0.1, 0.15) is 0 Å². The number of morpholine rings is 1. The third kappa shape index (κ3) is 6.77. The maximum absolute atomic E-state index is 12.5. The molecule has 2 aliphatic heterocycles. The fourth-order valence-electron chi connectivity index (χ4n) is 4.46. The standard InChI is InChI=1S/C22H35N3O4S/c1-18-14-19(2)16-24(15-18)9-3-8-23-22(26)21-6-4-20(5-7-21)17-30(27,28)25-10-12-29-13-11-25/h4-7,18-19H,3,8-17H2,1-2H3,(H,23,26)/t18-,19-/m1/s1. The number of sulfonamides is 1. The molecule has 0 bridgehead atoms. The van der Waals surface area contributed by atoms with Crippen LogP contribution >= 0.6 is 0 Å². The molecule has 30 heavy (non-hydrogen) atoms. The van der Waals surface area contributed by atoms with E-state index in [0.29, 0.717) is 44.0 Å². The van der Waals surface area contributed by atoms with Crippen molar-refractivity contribution < 1.29 is 17.9 Å². The summed E-state index contributed by atoms with van der Waals surface area (Å²) in [4.78, 5) is 14.9. The molecular formula is C22H35N3O4S. The lowest BCUT2D eigenvalue weighted by Crippen LogP contribution is -2.41. The molecule has 0 aliphatic carbocycles. The van der Waals surface area contributed by atoms with Gasteiger partial charge < -0.3 is 15.0 Å². The number of nitrogens with zero attached hydrogens (tertiary/aromatic N) is 2. The summed E-state index contributed by atoms with van der Waals surface area (Å²) in [6, 6.07) is 6.85. The van der Waals surface area contributed by atoms with Crippen LogP contribution in [-0.4, -0.2) is 76.0 Å². The predicted molar refractivity (Wildman–Crippen MR) is 118 cm³/mol. The van der Waals surface area contributed by atoms with E-state index in [9.17, 15) is 13.2 Å². The lowest BCUT2D eigenvalue weighted by Gasteiger charge is -2.34. The number of ether oxygens (including phenoxy) is 1. The van der Waals surface area contributed by atoms with Crippen LogP contribution in [0, 0.1) is 11.8 Å². The number of piperidine rings is 1. The number of carbonyl (C=O) groups is 1. The van der Waals surface area contributed by atoms with Gasteiger partial charge in [-0.2, -0.15) is 4.31 Å². The second kappa shape index (κ2) is 10.7. The highest BCUT2D eigenvalue weighted by atomic mass is 32.2. The number of benzene rings is 1. The lowest BCUT2D eigenvalue weighted by atomic mass is 9.92. The Morgan fingerprint density at radius 2 is 1.73 bits per heavy atom.